The molecule has 1 saturated heterocycles. The van der Waals surface area contributed by atoms with Gasteiger partial charge in [-0.2, -0.15) is 0 Å². The number of hydrogen-bond donors (Lipinski definition) is 4. The minimum absolute atomic E-state index is 0.0653. The van der Waals surface area contributed by atoms with Gasteiger partial charge in [0.15, 0.2) is 6.29 Å². The van der Waals surface area contributed by atoms with Gasteiger partial charge in [0.25, 0.3) is 0 Å². The van der Waals surface area contributed by atoms with Gasteiger partial charge in [-0.1, -0.05) is 30.3 Å². The Balaban J connectivity index is 1.93. The number of aliphatic hydroxyl groups is 3. The molecule has 0 aliphatic carbocycles. The Labute approximate surface area is 133 Å². The molecule has 0 unspecified atom stereocenters. The quantitative estimate of drug-likeness (QED) is 0.568. The molecule has 8 heteroatoms. The molecule has 1 aromatic carbocycles. The lowest BCUT2D eigenvalue weighted by Crippen LogP contribution is -2.64. The topological polar surface area (TPSA) is 117 Å². The van der Waals surface area contributed by atoms with Crippen molar-refractivity contribution in [3.05, 3.63) is 35.9 Å². The predicted molar refractivity (Wildman–Crippen MR) is 78.3 cm³/mol. The summed E-state index contributed by atoms with van der Waals surface area (Å²) in [6.45, 7) is -0.418. The van der Waals surface area contributed by atoms with E-state index in [-0.39, 0.29) is 6.61 Å². The van der Waals surface area contributed by atoms with Crippen molar-refractivity contribution in [1.82, 2.24) is 5.32 Å². The molecule has 1 aliphatic heterocycles. The maximum atomic E-state index is 11.9. The second-order valence-corrected chi connectivity index (χ2v) is 5.17. The smallest absolute Gasteiger partial charge is 0.407 e. The molecule has 1 aliphatic rings. The molecule has 23 heavy (non-hydrogen) atoms. The molecule has 128 valence electrons. The minimum Gasteiger partial charge on any atom is -0.445 e. The summed E-state index contributed by atoms with van der Waals surface area (Å²) in [6, 6.07) is 8.07. The number of methoxy groups -OCH3 is 1. The number of hydrogen-bond acceptors (Lipinski definition) is 7. The van der Waals surface area contributed by atoms with Gasteiger partial charge < -0.3 is 34.8 Å². The molecule has 0 bridgehead atoms. The lowest BCUT2D eigenvalue weighted by Gasteiger charge is -2.41. The van der Waals surface area contributed by atoms with Gasteiger partial charge in [0.05, 0.1) is 6.61 Å². The molecule has 1 amide bonds. The van der Waals surface area contributed by atoms with E-state index in [1.54, 1.807) is 12.1 Å². The van der Waals surface area contributed by atoms with Gasteiger partial charge >= 0.3 is 6.09 Å². The predicted octanol–water partition coefficient (Wildman–Crippen LogP) is -0.633. The summed E-state index contributed by atoms with van der Waals surface area (Å²) < 4.78 is 15.2. The number of aliphatic hydroxyl groups excluding tert-OH is 3. The van der Waals surface area contributed by atoms with E-state index in [1.165, 1.54) is 7.11 Å². The highest BCUT2D eigenvalue weighted by molar-refractivity contribution is 5.67. The molecule has 0 aromatic heterocycles. The SMILES string of the molecule is CO[C@H]1[C@H](O)[C@@H](CO)O[C@H](O)[C@@H]1NC(=O)OCc1ccccc1. The minimum atomic E-state index is -1.44. The van der Waals surface area contributed by atoms with Crippen molar-refractivity contribution in [3.63, 3.8) is 0 Å². The van der Waals surface area contributed by atoms with Crippen molar-refractivity contribution in [2.75, 3.05) is 13.7 Å². The summed E-state index contributed by atoms with van der Waals surface area (Å²) in [6.07, 6.45) is -5.36. The Morgan fingerprint density at radius 3 is 2.61 bits per heavy atom. The normalized spacial score (nSPS) is 30.7. The fraction of sp³-hybridized carbons (Fsp3) is 0.533. The molecular formula is C15H21NO7. The van der Waals surface area contributed by atoms with E-state index >= 15 is 0 Å². The van der Waals surface area contributed by atoms with E-state index in [2.05, 4.69) is 5.32 Å². The Morgan fingerprint density at radius 2 is 2.00 bits per heavy atom. The number of benzene rings is 1. The van der Waals surface area contributed by atoms with E-state index in [1.807, 2.05) is 18.2 Å². The Kier molecular flexibility index (Phi) is 6.31. The maximum absolute atomic E-state index is 11.9. The lowest BCUT2D eigenvalue weighted by atomic mass is 9.97. The third-order valence-corrected chi connectivity index (χ3v) is 3.64. The van der Waals surface area contributed by atoms with Crippen LogP contribution >= 0.6 is 0 Å². The molecule has 0 radical (unpaired) electrons. The average molecular weight is 327 g/mol. The summed E-state index contributed by atoms with van der Waals surface area (Å²) >= 11 is 0. The summed E-state index contributed by atoms with van der Waals surface area (Å²) in [5.41, 5.74) is 0.812. The summed E-state index contributed by atoms with van der Waals surface area (Å²) in [7, 11) is 1.32. The van der Waals surface area contributed by atoms with Gasteiger partial charge in [0.1, 0.15) is 31.0 Å². The molecule has 1 aromatic rings. The molecule has 2 rings (SSSR count). The lowest BCUT2D eigenvalue weighted by molar-refractivity contribution is -0.257. The molecule has 1 fully saturated rings. The van der Waals surface area contributed by atoms with E-state index in [9.17, 15) is 15.0 Å². The molecular weight excluding hydrogens is 306 g/mol. The third-order valence-electron chi connectivity index (χ3n) is 3.64. The first-order chi connectivity index (χ1) is 11.1. The van der Waals surface area contributed by atoms with Gasteiger partial charge in [0, 0.05) is 7.11 Å². The van der Waals surface area contributed by atoms with E-state index in [0.717, 1.165) is 5.56 Å². The van der Waals surface area contributed by atoms with Gasteiger partial charge in [0.2, 0.25) is 0 Å². The van der Waals surface area contributed by atoms with Crippen LogP contribution in [-0.2, 0) is 20.8 Å². The van der Waals surface area contributed by atoms with E-state index in [4.69, 9.17) is 19.3 Å². The molecule has 8 nitrogen and oxygen atoms in total. The van der Waals surface area contributed by atoms with Gasteiger partial charge in [-0.25, -0.2) is 4.79 Å². The number of rotatable bonds is 5. The van der Waals surface area contributed by atoms with Crippen LogP contribution in [0.3, 0.4) is 0 Å². The highest BCUT2D eigenvalue weighted by atomic mass is 16.6. The van der Waals surface area contributed by atoms with Crippen LogP contribution in [0, 0.1) is 0 Å². The van der Waals surface area contributed by atoms with Crippen LogP contribution in [-0.4, -0.2) is 65.8 Å². The number of ether oxygens (including phenoxy) is 3. The van der Waals surface area contributed by atoms with Crippen LogP contribution < -0.4 is 5.32 Å². The second-order valence-electron chi connectivity index (χ2n) is 5.17. The number of amides is 1. The molecule has 0 saturated carbocycles. The van der Waals surface area contributed by atoms with Gasteiger partial charge in [-0.3, -0.25) is 0 Å². The highest BCUT2D eigenvalue weighted by Gasteiger charge is 2.45. The van der Waals surface area contributed by atoms with E-state index < -0.39 is 43.3 Å². The van der Waals surface area contributed by atoms with Gasteiger partial charge in [-0.05, 0) is 5.56 Å². The first-order valence-electron chi connectivity index (χ1n) is 7.19. The molecule has 0 spiro atoms. The standard InChI is InChI=1S/C15H21NO7/c1-21-13-11(14(19)23-10(7-17)12(13)18)16-15(20)22-8-9-5-3-2-4-6-9/h2-6,10-14,17-19H,7-8H2,1H3,(H,16,20)/t10-,11-,12-,13-,14+/m1/s1. The molecule has 4 N–H and O–H groups in total. The summed E-state index contributed by atoms with van der Waals surface area (Å²) in [4.78, 5) is 11.9. The maximum Gasteiger partial charge on any atom is 0.407 e. The second kappa shape index (κ2) is 8.23. The zero-order valence-corrected chi connectivity index (χ0v) is 12.7. The van der Waals surface area contributed by atoms with Crippen LogP contribution in [0.5, 0.6) is 0 Å². The Morgan fingerprint density at radius 1 is 1.30 bits per heavy atom. The van der Waals surface area contributed by atoms with Crippen molar-refractivity contribution in [2.24, 2.45) is 0 Å². The van der Waals surface area contributed by atoms with Crippen molar-refractivity contribution >= 4 is 6.09 Å². The van der Waals surface area contributed by atoms with E-state index in [0.29, 0.717) is 0 Å². The first-order valence-corrected chi connectivity index (χ1v) is 7.19. The van der Waals surface area contributed by atoms with Crippen LogP contribution in [0.2, 0.25) is 0 Å². The third kappa shape index (κ3) is 4.40. The van der Waals surface area contributed by atoms with Crippen LogP contribution in [0.4, 0.5) is 4.79 Å². The van der Waals surface area contributed by atoms with Crippen LogP contribution in [0.1, 0.15) is 5.56 Å². The molecule has 5 atom stereocenters. The average Bonchev–Trinajstić information content (AvgIpc) is 2.57. The number of alkyl carbamates (subject to hydrolysis) is 1. The number of nitrogens with one attached hydrogen (secondary N) is 1. The Hall–Kier alpha value is -1.71. The van der Waals surface area contributed by atoms with Crippen molar-refractivity contribution in [1.29, 1.82) is 0 Å². The summed E-state index contributed by atoms with van der Waals surface area (Å²) in [5, 5.41) is 31.5. The van der Waals surface area contributed by atoms with Crippen molar-refractivity contribution < 1.29 is 34.3 Å². The number of carbonyl (C=O) groups excluding carboxylic acids is 1. The summed E-state index contributed by atoms with van der Waals surface area (Å²) in [5.74, 6) is 0. The molecule has 1 heterocycles. The fourth-order valence-corrected chi connectivity index (χ4v) is 2.42. The number of carbonyl (C=O) groups is 1. The van der Waals surface area contributed by atoms with Crippen molar-refractivity contribution in [3.8, 4) is 0 Å². The highest BCUT2D eigenvalue weighted by Crippen LogP contribution is 2.22. The monoisotopic (exact) mass is 327 g/mol. The van der Waals surface area contributed by atoms with Crippen molar-refractivity contribution in [2.45, 2.75) is 37.3 Å². The zero-order chi connectivity index (χ0) is 16.8. The Bertz CT molecular complexity index is 498. The first kappa shape index (κ1) is 17.6. The van der Waals surface area contributed by atoms with Gasteiger partial charge in [-0.15, -0.1) is 0 Å². The van der Waals surface area contributed by atoms with Crippen LogP contribution in [0.25, 0.3) is 0 Å². The fourth-order valence-electron chi connectivity index (χ4n) is 2.42. The van der Waals surface area contributed by atoms with Crippen LogP contribution in [0.15, 0.2) is 30.3 Å². The zero-order valence-electron chi connectivity index (χ0n) is 12.7. The largest absolute Gasteiger partial charge is 0.445 e.